The van der Waals surface area contributed by atoms with Crippen LogP contribution in [0.2, 0.25) is 0 Å². The Labute approximate surface area is 199 Å². The number of nitrogens with zero attached hydrogens (tertiary/aromatic N) is 3. The molecule has 2 atom stereocenters. The molecule has 8 heteroatoms. The van der Waals surface area contributed by atoms with Crippen molar-refractivity contribution in [1.82, 2.24) is 19.8 Å². The monoisotopic (exact) mass is 463 g/mol. The number of amides is 1. The number of pyridine rings is 1. The minimum atomic E-state index is -0.116. The topological polar surface area (TPSA) is 71.4 Å². The second-order valence-electron chi connectivity index (χ2n) is 8.05. The molecule has 0 unspecified atom stereocenters. The number of aryl methyl sites for hydroxylation is 1. The summed E-state index contributed by atoms with van der Waals surface area (Å²) in [5.74, 6) is -0.0399. The zero-order valence-electron chi connectivity index (χ0n) is 18.9. The van der Waals surface area contributed by atoms with E-state index < -0.39 is 0 Å². The molecule has 2 aromatic heterocycles. The average Bonchev–Trinajstić information content (AvgIpc) is 3.42. The van der Waals surface area contributed by atoms with E-state index >= 15 is 0 Å². The lowest BCUT2D eigenvalue weighted by Gasteiger charge is -2.28. The summed E-state index contributed by atoms with van der Waals surface area (Å²) in [5.41, 5.74) is 3.89. The molecule has 1 aliphatic rings. The van der Waals surface area contributed by atoms with E-state index in [0.717, 1.165) is 29.2 Å². The van der Waals surface area contributed by atoms with Crippen molar-refractivity contribution in [3.05, 3.63) is 83.9 Å². The first-order valence-electron chi connectivity index (χ1n) is 11.1. The molecule has 172 valence electrons. The van der Waals surface area contributed by atoms with Crippen LogP contribution < -0.4 is 10.6 Å². The molecule has 2 N–H and O–H groups in total. The molecule has 1 fully saturated rings. The Morgan fingerprint density at radius 3 is 2.73 bits per heavy atom. The first-order chi connectivity index (χ1) is 16.1. The van der Waals surface area contributed by atoms with Gasteiger partial charge in [0.1, 0.15) is 0 Å². The third-order valence-corrected chi connectivity index (χ3v) is 6.25. The quantitative estimate of drug-likeness (QED) is 0.470. The van der Waals surface area contributed by atoms with Gasteiger partial charge in [0.05, 0.1) is 24.4 Å². The molecule has 0 bridgehead atoms. The molecule has 4 rings (SSSR count). The maximum atomic E-state index is 12.7. The summed E-state index contributed by atoms with van der Waals surface area (Å²) in [6.45, 7) is 3.82. The van der Waals surface area contributed by atoms with Crippen molar-refractivity contribution in [3.63, 3.8) is 0 Å². The first kappa shape index (κ1) is 22.9. The summed E-state index contributed by atoms with van der Waals surface area (Å²) in [5, 5.41) is 7.08. The predicted molar refractivity (Wildman–Crippen MR) is 133 cm³/mol. The molecule has 0 radical (unpaired) electrons. The van der Waals surface area contributed by atoms with Crippen LogP contribution in [-0.4, -0.2) is 45.7 Å². The maximum Gasteiger partial charge on any atom is 0.226 e. The van der Waals surface area contributed by atoms with Gasteiger partial charge in [-0.1, -0.05) is 24.3 Å². The number of hydrogen-bond acceptors (Lipinski definition) is 4. The van der Waals surface area contributed by atoms with E-state index in [4.69, 9.17) is 17.0 Å². The highest BCUT2D eigenvalue weighted by atomic mass is 32.1. The lowest BCUT2D eigenvalue weighted by molar-refractivity contribution is -0.116. The van der Waals surface area contributed by atoms with E-state index in [1.165, 1.54) is 0 Å². The van der Waals surface area contributed by atoms with Gasteiger partial charge in [-0.15, -0.1) is 0 Å². The summed E-state index contributed by atoms with van der Waals surface area (Å²) in [6, 6.07) is 17.6. The molecule has 1 aromatic carbocycles. The van der Waals surface area contributed by atoms with Crippen molar-refractivity contribution in [1.29, 1.82) is 0 Å². The normalized spacial score (nSPS) is 17.8. The van der Waals surface area contributed by atoms with Gasteiger partial charge in [0.25, 0.3) is 0 Å². The number of aromatic nitrogens is 2. The fraction of sp³-hybridized carbons (Fsp3) is 0.320. The number of benzene rings is 1. The number of rotatable bonds is 9. The Kier molecular flexibility index (Phi) is 7.36. The number of para-hydroxylation sites is 1. The SMILES string of the molecule is COCCn1cccc1[C@@H]1[C@H](c2ccccn2)NC(=S)N1CCC(=O)Nc1ccccc1C. The second-order valence-corrected chi connectivity index (χ2v) is 8.44. The number of methoxy groups -OCH3 is 1. The van der Waals surface area contributed by atoms with Crippen molar-refractivity contribution >= 4 is 28.9 Å². The van der Waals surface area contributed by atoms with Crippen molar-refractivity contribution in [2.24, 2.45) is 0 Å². The molecule has 0 spiro atoms. The van der Waals surface area contributed by atoms with Crippen molar-refractivity contribution in [3.8, 4) is 0 Å². The molecular weight excluding hydrogens is 434 g/mol. The molecule has 7 nitrogen and oxygen atoms in total. The third kappa shape index (κ3) is 5.23. The highest BCUT2D eigenvalue weighted by Gasteiger charge is 2.41. The van der Waals surface area contributed by atoms with Gasteiger partial charge in [-0.05, 0) is 55.0 Å². The number of anilines is 1. The fourth-order valence-electron chi connectivity index (χ4n) is 4.20. The smallest absolute Gasteiger partial charge is 0.226 e. The van der Waals surface area contributed by atoms with Gasteiger partial charge in [-0.2, -0.15) is 0 Å². The Morgan fingerprint density at radius 1 is 1.15 bits per heavy atom. The Morgan fingerprint density at radius 2 is 1.97 bits per heavy atom. The lowest BCUT2D eigenvalue weighted by Crippen LogP contribution is -2.33. The molecule has 33 heavy (non-hydrogen) atoms. The summed E-state index contributed by atoms with van der Waals surface area (Å²) >= 11 is 5.72. The van der Waals surface area contributed by atoms with Crippen LogP contribution in [0.5, 0.6) is 0 Å². The van der Waals surface area contributed by atoms with Crippen LogP contribution in [0, 0.1) is 6.92 Å². The van der Waals surface area contributed by atoms with E-state index in [1.807, 2.05) is 61.7 Å². The standard InChI is InChI=1S/C25H29N5O2S/c1-18-8-3-4-9-19(18)27-22(31)12-15-30-24(21-11-7-14-29(21)16-17-32-2)23(28-25(30)33)20-10-5-6-13-26-20/h3-11,13-14,23-24H,12,15-17H2,1-2H3,(H,27,31)(H,28,33)/t23-,24+/m0/s1. The van der Waals surface area contributed by atoms with Gasteiger partial charge in [-0.3, -0.25) is 9.78 Å². The van der Waals surface area contributed by atoms with Gasteiger partial charge in [0.15, 0.2) is 5.11 Å². The first-order valence-corrected chi connectivity index (χ1v) is 11.5. The van der Waals surface area contributed by atoms with Crippen LogP contribution in [0.3, 0.4) is 0 Å². The Hall–Kier alpha value is -3.23. The van der Waals surface area contributed by atoms with Gasteiger partial charge in [-0.25, -0.2) is 0 Å². The van der Waals surface area contributed by atoms with Crippen LogP contribution in [0.25, 0.3) is 0 Å². The number of carbonyl (C=O) groups is 1. The lowest BCUT2D eigenvalue weighted by atomic mass is 10.0. The Bertz CT molecular complexity index is 1100. The van der Waals surface area contributed by atoms with E-state index in [9.17, 15) is 4.79 Å². The summed E-state index contributed by atoms with van der Waals surface area (Å²) in [4.78, 5) is 19.4. The van der Waals surface area contributed by atoms with Crippen molar-refractivity contribution in [2.75, 3.05) is 25.6 Å². The molecule has 0 aliphatic carbocycles. The zero-order valence-corrected chi connectivity index (χ0v) is 19.7. The molecule has 1 amide bonds. The largest absolute Gasteiger partial charge is 0.383 e. The van der Waals surface area contributed by atoms with Crippen LogP contribution in [0.4, 0.5) is 5.69 Å². The van der Waals surface area contributed by atoms with Crippen molar-refractivity contribution in [2.45, 2.75) is 32.0 Å². The molecular formula is C25H29N5O2S. The highest BCUT2D eigenvalue weighted by Crippen LogP contribution is 2.38. The second kappa shape index (κ2) is 10.6. The number of nitrogens with one attached hydrogen (secondary N) is 2. The molecule has 1 aliphatic heterocycles. The number of hydrogen-bond donors (Lipinski definition) is 2. The Balaban J connectivity index is 1.56. The molecule has 0 saturated carbocycles. The summed E-state index contributed by atoms with van der Waals surface area (Å²) < 4.78 is 7.48. The zero-order chi connectivity index (χ0) is 23.2. The molecule has 1 saturated heterocycles. The summed E-state index contributed by atoms with van der Waals surface area (Å²) in [6.07, 6.45) is 4.16. The van der Waals surface area contributed by atoms with Gasteiger partial charge >= 0.3 is 0 Å². The number of thiocarbonyl (C=S) groups is 1. The van der Waals surface area contributed by atoms with Crippen molar-refractivity contribution < 1.29 is 9.53 Å². The maximum absolute atomic E-state index is 12.7. The summed E-state index contributed by atoms with van der Waals surface area (Å²) in [7, 11) is 1.70. The number of carbonyl (C=O) groups excluding carboxylic acids is 1. The van der Waals surface area contributed by atoms with Crippen LogP contribution in [0.1, 0.15) is 35.5 Å². The fourth-order valence-corrected chi connectivity index (χ4v) is 4.54. The van der Waals surface area contributed by atoms with Gasteiger partial charge < -0.3 is 24.8 Å². The van der Waals surface area contributed by atoms with Crippen LogP contribution in [0.15, 0.2) is 67.0 Å². The number of ether oxygens (including phenoxy) is 1. The predicted octanol–water partition coefficient (Wildman–Crippen LogP) is 3.84. The minimum absolute atomic E-state index is 0.0399. The minimum Gasteiger partial charge on any atom is -0.383 e. The average molecular weight is 464 g/mol. The van der Waals surface area contributed by atoms with Crippen LogP contribution >= 0.6 is 12.2 Å². The van der Waals surface area contributed by atoms with Gasteiger partial charge in [0, 0.05) is 50.4 Å². The van der Waals surface area contributed by atoms with E-state index in [-0.39, 0.29) is 18.0 Å². The third-order valence-electron chi connectivity index (χ3n) is 5.90. The van der Waals surface area contributed by atoms with E-state index in [2.05, 4.69) is 31.2 Å². The van der Waals surface area contributed by atoms with Gasteiger partial charge in [0.2, 0.25) is 5.91 Å². The highest BCUT2D eigenvalue weighted by molar-refractivity contribution is 7.80. The van der Waals surface area contributed by atoms with E-state index in [0.29, 0.717) is 24.7 Å². The van der Waals surface area contributed by atoms with E-state index in [1.54, 1.807) is 13.3 Å². The molecule has 3 aromatic rings. The van der Waals surface area contributed by atoms with Crippen LogP contribution in [-0.2, 0) is 16.1 Å². The molecule has 3 heterocycles.